The maximum absolute atomic E-state index is 9.95. The third-order valence-electron chi connectivity index (χ3n) is 3.61. The summed E-state index contributed by atoms with van der Waals surface area (Å²) in [6.45, 7) is 2.92. The summed E-state index contributed by atoms with van der Waals surface area (Å²) in [7, 11) is 3.72. The van der Waals surface area contributed by atoms with Crippen LogP contribution >= 0.6 is 0 Å². The van der Waals surface area contributed by atoms with Crippen molar-refractivity contribution >= 4 is 0 Å². The fraction of sp³-hybridized carbons (Fsp3) is 0.571. The van der Waals surface area contributed by atoms with Crippen molar-refractivity contribution in [1.82, 2.24) is 10.2 Å². The van der Waals surface area contributed by atoms with Crippen molar-refractivity contribution < 1.29 is 9.84 Å². The topological polar surface area (TPSA) is 44.7 Å². The van der Waals surface area contributed by atoms with E-state index in [2.05, 4.69) is 17.3 Å². The summed E-state index contributed by atoms with van der Waals surface area (Å²) < 4.78 is 5.09. The molecule has 0 spiro atoms. The molecule has 0 aromatic heterocycles. The van der Waals surface area contributed by atoms with Gasteiger partial charge in [-0.05, 0) is 32.5 Å². The van der Waals surface area contributed by atoms with Gasteiger partial charge in [-0.3, -0.25) is 4.90 Å². The maximum atomic E-state index is 9.95. The van der Waals surface area contributed by atoms with Crippen LogP contribution in [0, 0.1) is 0 Å². The lowest BCUT2D eigenvalue weighted by molar-refractivity contribution is 0.194. The minimum atomic E-state index is 0.310. The third-order valence-corrected chi connectivity index (χ3v) is 3.61. The second-order valence-electron chi connectivity index (χ2n) is 4.91. The number of phenols is 1. The first kappa shape index (κ1) is 13.2. The summed E-state index contributed by atoms with van der Waals surface area (Å²) in [5.41, 5.74) is 0.948. The van der Waals surface area contributed by atoms with Crippen molar-refractivity contribution in [3.63, 3.8) is 0 Å². The number of hydrogen-bond donors (Lipinski definition) is 2. The second-order valence-corrected chi connectivity index (χ2v) is 4.91. The standard InChI is InChI=1S/C14H22N2O2/c1-16(12-4-3-7-15-9-12)10-11-5-6-13(18-2)8-14(11)17/h5-6,8,12,15,17H,3-4,7,9-10H2,1-2H3. The highest BCUT2D eigenvalue weighted by Crippen LogP contribution is 2.25. The van der Waals surface area contributed by atoms with Gasteiger partial charge >= 0.3 is 0 Å². The molecule has 1 aliphatic heterocycles. The first-order chi connectivity index (χ1) is 8.70. The number of piperidine rings is 1. The third kappa shape index (κ3) is 3.15. The number of likely N-dealkylation sites (N-methyl/N-ethyl adjacent to an activating group) is 1. The summed E-state index contributed by atoms with van der Waals surface area (Å²) in [6.07, 6.45) is 2.45. The molecule has 2 N–H and O–H groups in total. The van der Waals surface area contributed by atoms with Crippen LogP contribution in [0.4, 0.5) is 0 Å². The molecule has 1 unspecified atom stereocenters. The molecule has 1 fully saturated rings. The highest BCUT2D eigenvalue weighted by molar-refractivity contribution is 5.39. The van der Waals surface area contributed by atoms with Crippen molar-refractivity contribution in [2.24, 2.45) is 0 Å². The molecular formula is C14H22N2O2. The summed E-state index contributed by atoms with van der Waals surface area (Å²) in [4.78, 5) is 2.30. The number of hydrogen-bond acceptors (Lipinski definition) is 4. The average Bonchev–Trinajstić information content (AvgIpc) is 2.42. The molecule has 1 saturated heterocycles. The van der Waals surface area contributed by atoms with Crippen LogP contribution in [0.15, 0.2) is 18.2 Å². The van der Waals surface area contributed by atoms with Crippen LogP contribution in [-0.4, -0.2) is 43.3 Å². The molecule has 1 aromatic carbocycles. The molecule has 1 aliphatic rings. The van der Waals surface area contributed by atoms with Gasteiger partial charge in [-0.1, -0.05) is 6.07 Å². The molecule has 0 saturated carbocycles. The smallest absolute Gasteiger partial charge is 0.123 e. The van der Waals surface area contributed by atoms with E-state index >= 15 is 0 Å². The molecular weight excluding hydrogens is 228 g/mol. The summed E-state index contributed by atoms with van der Waals surface area (Å²) in [5, 5.41) is 13.4. The zero-order valence-electron chi connectivity index (χ0n) is 11.1. The van der Waals surface area contributed by atoms with Gasteiger partial charge in [-0.25, -0.2) is 0 Å². The average molecular weight is 250 g/mol. The van der Waals surface area contributed by atoms with Gasteiger partial charge in [0, 0.05) is 30.8 Å². The molecule has 4 nitrogen and oxygen atoms in total. The lowest BCUT2D eigenvalue weighted by atomic mass is 10.1. The van der Waals surface area contributed by atoms with Crippen molar-refractivity contribution in [2.75, 3.05) is 27.2 Å². The number of ether oxygens (including phenoxy) is 1. The predicted molar refractivity (Wildman–Crippen MR) is 72.0 cm³/mol. The van der Waals surface area contributed by atoms with Gasteiger partial charge in [-0.2, -0.15) is 0 Å². The van der Waals surface area contributed by atoms with E-state index in [1.165, 1.54) is 12.8 Å². The van der Waals surface area contributed by atoms with Gasteiger partial charge in [0.15, 0.2) is 0 Å². The van der Waals surface area contributed by atoms with Crippen LogP contribution in [0.3, 0.4) is 0 Å². The minimum absolute atomic E-state index is 0.310. The Morgan fingerprint density at radius 1 is 1.50 bits per heavy atom. The van der Waals surface area contributed by atoms with E-state index in [9.17, 15) is 5.11 Å². The Labute approximate surface area is 109 Å². The zero-order chi connectivity index (χ0) is 13.0. The molecule has 0 bridgehead atoms. The van der Waals surface area contributed by atoms with E-state index in [-0.39, 0.29) is 0 Å². The van der Waals surface area contributed by atoms with E-state index in [4.69, 9.17) is 4.74 Å². The lowest BCUT2D eigenvalue weighted by Gasteiger charge is -2.31. The van der Waals surface area contributed by atoms with Gasteiger partial charge in [-0.15, -0.1) is 0 Å². The van der Waals surface area contributed by atoms with Crippen LogP contribution in [0.5, 0.6) is 11.5 Å². The van der Waals surface area contributed by atoms with Crippen LogP contribution in [0.2, 0.25) is 0 Å². The number of methoxy groups -OCH3 is 1. The molecule has 1 heterocycles. The Kier molecular flexibility index (Phi) is 4.44. The van der Waals surface area contributed by atoms with Gasteiger partial charge in [0.05, 0.1) is 7.11 Å². The Hall–Kier alpha value is -1.26. The molecule has 0 amide bonds. The number of rotatable bonds is 4. The van der Waals surface area contributed by atoms with Gasteiger partial charge in [0.25, 0.3) is 0 Å². The monoisotopic (exact) mass is 250 g/mol. The fourth-order valence-electron chi connectivity index (χ4n) is 2.41. The van der Waals surface area contributed by atoms with E-state index in [0.717, 1.165) is 25.2 Å². The molecule has 1 aromatic rings. The van der Waals surface area contributed by atoms with E-state index < -0.39 is 0 Å². The predicted octanol–water partition coefficient (Wildman–Crippen LogP) is 1.58. The summed E-state index contributed by atoms with van der Waals surface area (Å²) in [6, 6.07) is 6.05. The first-order valence-corrected chi connectivity index (χ1v) is 6.47. The first-order valence-electron chi connectivity index (χ1n) is 6.47. The maximum Gasteiger partial charge on any atom is 0.123 e. The Balaban J connectivity index is 1.99. The Bertz CT molecular complexity index is 389. The number of nitrogens with zero attached hydrogens (tertiary/aromatic N) is 1. The van der Waals surface area contributed by atoms with E-state index in [1.807, 2.05) is 12.1 Å². The molecule has 0 radical (unpaired) electrons. The highest BCUT2D eigenvalue weighted by atomic mass is 16.5. The second kappa shape index (κ2) is 6.07. The van der Waals surface area contributed by atoms with Crippen molar-refractivity contribution in [2.45, 2.75) is 25.4 Å². The summed E-state index contributed by atoms with van der Waals surface area (Å²) >= 11 is 0. The molecule has 0 aliphatic carbocycles. The van der Waals surface area contributed by atoms with Crippen LogP contribution < -0.4 is 10.1 Å². The number of aromatic hydroxyl groups is 1. The Morgan fingerprint density at radius 3 is 2.94 bits per heavy atom. The van der Waals surface area contributed by atoms with Crippen molar-refractivity contribution in [3.8, 4) is 11.5 Å². The summed E-state index contributed by atoms with van der Waals surface area (Å²) in [5.74, 6) is 1.00. The van der Waals surface area contributed by atoms with Crippen LogP contribution in [0.1, 0.15) is 18.4 Å². The van der Waals surface area contributed by atoms with Gasteiger partial charge in [0.2, 0.25) is 0 Å². The van der Waals surface area contributed by atoms with Crippen molar-refractivity contribution in [3.05, 3.63) is 23.8 Å². The van der Waals surface area contributed by atoms with Crippen LogP contribution in [-0.2, 0) is 6.54 Å². The van der Waals surface area contributed by atoms with Gasteiger partial charge in [0.1, 0.15) is 11.5 Å². The van der Waals surface area contributed by atoms with E-state index in [1.54, 1.807) is 13.2 Å². The Morgan fingerprint density at radius 2 is 2.33 bits per heavy atom. The SMILES string of the molecule is COc1ccc(CN(C)C2CCCNC2)c(O)c1. The molecule has 2 rings (SSSR count). The van der Waals surface area contributed by atoms with Crippen molar-refractivity contribution in [1.29, 1.82) is 0 Å². The molecule has 18 heavy (non-hydrogen) atoms. The number of phenolic OH excluding ortho intramolecular Hbond substituents is 1. The zero-order valence-corrected chi connectivity index (χ0v) is 11.1. The normalized spacial score (nSPS) is 20.1. The fourth-order valence-corrected chi connectivity index (χ4v) is 2.41. The quantitative estimate of drug-likeness (QED) is 0.851. The van der Waals surface area contributed by atoms with E-state index in [0.29, 0.717) is 17.5 Å². The number of nitrogens with one attached hydrogen (secondary N) is 1. The van der Waals surface area contributed by atoms with Gasteiger partial charge < -0.3 is 15.2 Å². The van der Waals surface area contributed by atoms with Crippen LogP contribution in [0.25, 0.3) is 0 Å². The molecule has 1 atom stereocenters. The highest BCUT2D eigenvalue weighted by Gasteiger charge is 2.18. The lowest BCUT2D eigenvalue weighted by Crippen LogP contribution is -2.43. The molecule has 4 heteroatoms. The largest absolute Gasteiger partial charge is 0.507 e. The molecule has 100 valence electrons. The minimum Gasteiger partial charge on any atom is -0.507 e. The number of benzene rings is 1.